The van der Waals surface area contributed by atoms with E-state index >= 15 is 0 Å². The van der Waals surface area contributed by atoms with E-state index in [1.165, 1.54) is 6.26 Å². The second-order valence-electron chi connectivity index (χ2n) is 3.38. The summed E-state index contributed by atoms with van der Waals surface area (Å²) in [6.07, 6.45) is 1.38. The third-order valence-corrected chi connectivity index (χ3v) is 3.23. The summed E-state index contributed by atoms with van der Waals surface area (Å²) in [5, 5.41) is 17.6. The van der Waals surface area contributed by atoms with E-state index in [2.05, 4.69) is 0 Å². The van der Waals surface area contributed by atoms with E-state index in [-0.39, 0.29) is 18.3 Å². The Morgan fingerprint density at radius 3 is 3.00 bits per heavy atom. The van der Waals surface area contributed by atoms with Crippen LogP contribution in [0.4, 0.5) is 0 Å². The molecule has 0 radical (unpaired) electrons. The Bertz CT molecular complexity index is 321. The predicted octanol–water partition coefficient (Wildman–Crippen LogP) is 1.84. The van der Waals surface area contributed by atoms with E-state index in [9.17, 15) is 4.79 Å². The molecule has 1 aromatic heterocycles. The summed E-state index contributed by atoms with van der Waals surface area (Å²) in [7, 11) is 0. The van der Waals surface area contributed by atoms with E-state index in [1.807, 2.05) is 6.92 Å². The Balaban J connectivity index is 2.44. The number of furan rings is 1. The Labute approximate surface area is 92.3 Å². The highest BCUT2D eigenvalue weighted by molar-refractivity contribution is 7.98. The summed E-state index contributed by atoms with van der Waals surface area (Å²) in [5.74, 6) is 0.614. The molecule has 0 aliphatic rings. The zero-order valence-corrected chi connectivity index (χ0v) is 9.29. The Hall–Kier alpha value is -0.940. The first-order valence-electron chi connectivity index (χ1n) is 4.63. The SMILES string of the molecule is CC(CO)CSCc1ccoc1C(=O)O. The van der Waals surface area contributed by atoms with Gasteiger partial charge in [0.1, 0.15) is 0 Å². The van der Waals surface area contributed by atoms with Crippen molar-refractivity contribution in [3.8, 4) is 0 Å². The number of aliphatic hydroxyl groups excluding tert-OH is 1. The maximum Gasteiger partial charge on any atom is 0.372 e. The molecule has 2 N–H and O–H groups in total. The van der Waals surface area contributed by atoms with Gasteiger partial charge in [0, 0.05) is 17.9 Å². The number of aromatic carboxylic acids is 1. The summed E-state index contributed by atoms with van der Waals surface area (Å²) < 4.78 is 4.85. The van der Waals surface area contributed by atoms with E-state index in [0.29, 0.717) is 11.3 Å². The van der Waals surface area contributed by atoms with Crippen LogP contribution < -0.4 is 0 Å². The maximum absolute atomic E-state index is 10.7. The lowest BCUT2D eigenvalue weighted by Crippen LogP contribution is -2.04. The van der Waals surface area contributed by atoms with Crippen LogP contribution in [0.2, 0.25) is 0 Å². The molecule has 84 valence electrons. The van der Waals surface area contributed by atoms with Crippen molar-refractivity contribution in [3.63, 3.8) is 0 Å². The molecule has 0 fully saturated rings. The lowest BCUT2D eigenvalue weighted by Gasteiger charge is -2.06. The number of thioether (sulfide) groups is 1. The van der Waals surface area contributed by atoms with Crippen molar-refractivity contribution in [2.24, 2.45) is 5.92 Å². The number of hydrogen-bond acceptors (Lipinski definition) is 4. The molecule has 0 spiro atoms. The van der Waals surface area contributed by atoms with Crippen molar-refractivity contribution in [1.82, 2.24) is 0 Å². The lowest BCUT2D eigenvalue weighted by molar-refractivity contribution is 0.0661. The summed E-state index contributed by atoms with van der Waals surface area (Å²) >= 11 is 1.59. The van der Waals surface area contributed by atoms with Crippen LogP contribution in [-0.4, -0.2) is 28.5 Å². The molecule has 1 atom stereocenters. The molecule has 0 amide bonds. The van der Waals surface area contributed by atoms with Gasteiger partial charge in [-0.25, -0.2) is 4.79 Å². The van der Waals surface area contributed by atoms with Gasteiger partial charge >= 0.3 is 5.97 Å². The van der Waals surface area contributed by atoms with Gasteiger partial charge in [0.2, 0.25) is 5.76 Å². The Morgan fingerprint density at radius 2 is 2.40 bits per heavy atom. The third kappa shape index (κ3) is 3.60. The molecular formula is C10H14O4S. The van der Waals surface area contributed by atoms with Crippen molar-refractivity contribution in [3.05, 3.63) is 23.7 Å². The van der Waals surface area contributed by atoms with Crippen molar-refractivity contribution < 1.29 is 19.4 Å². The minimum atomic E-state index is -1.04. The average molecular weight is 230 g/mol. The van der Waals surface area contributed by atoms with Gasteiger partial charge in [-0.2, -0.15) is 11.8 Å². The lowest BCUT2D eigenvalue weighted by atomic mass is 10.2. The molecule has 0 saturated heterocycles. The van der Waals surface area contributed by atoms with E-state index in [4.69, 9.17) is 14.6 Å². The van der Waals surface area contributed by atoms with Gasteiger partial charge < -0.3 is 14.6 Å². The molecule has 0 aliphatic carbocycles. The van der Waals surface area contributed by atoms with Gasteiger partial charge in [-0.1, -0.05) is 6.92 Å². The van der Waals surface area contributed by atoms with Crippen LogP contribution in [0.15, 0.2) is 16.7 Å². The highest BCUT2D eigenvalue weighted by Gasteiger charge is 2.13. The van der Waals surface area contributed by atoms with Crippen molar-refractivity contribution in [2.75, 3.05) is 12.4 Å². The molecule has 0 aromatic carbocycles. The predicted molar refractivity (Wildman–Crippen MR) is 58.1 cm³/mol. The molecule has 5 heteroatoms. The van der Waals surface area contributed by atoms with Gasteiger partial charge in [-0.05, 0) is 17.7 Å². The van der Waals surface area contributed by atoms with Crippen LogP contribution >= 0.6 is 11.8 Å². The molecule has 0 saturated carbocycles. The zero-order chi connectivity index (χ0) is 11.3. The minimum absolute atomic E-state index is 0.0131. The second kappa shape index (κ2) is 5.82. The summed E-state index contributed by atoms with van der Waals surface area (Å²) in [6, 6.07) is 1.67. The first-order chi connectivity index (χ1) is 7.15. The molecule has 0 bridgehead atoms. The highest BCUT2D eigenvalue weighted by Crippen LogP contribution is 2.19. The quantitative estimate of drug-likeness (QED) is 0.780. The molecule has 4 nitrogen and oxygen atoms in total. The maximum atomic E-state index is 10.7. The fourth-order valence-electron chi connectivity index (χ4n) is 1.06. The summed E-state index contributed by atoms with van der Waals surface area (Å²) in [5.41, 5.74) is 0.692. The summed E-state index contributed by atoms with van der Waals surface area (Å²) in [6.45, 7) is 2.10. The molecule has 1 heterocycles. The van der Waals surface area contributed by atoms with Gasteiger partial charge in [0.25, 0.3) is 0 Å². The molecule has 15 heavy (non-hydrogen) atoms. The van der Waals surface area contributed by atoms with E-state index in [1.54, 1.807) is 17.8 Å². The Morgan fingerprint density at radius 1 is 1.67 bits per heavy atom. The average Bonchev–Trinajstić information content (AvgIpc) is 2.65. The van der Waals surface area contributed by atoms with Crippen LogP contribution in [0.5, 0.6) is 0 Å². The Kier molecular flexibility index (Phi) is 4.71. The first-order valence-corrected chi connectivity index (χ1v) is 5.79. The van der Waals surface area contributed by atoms with Gasteiger partial charge in [0.15, 0.2) is 0 Å². The number of carbonyl (C=O) groups is 1. The smallest absolute Gasteiger partial charge is 0.372 e. The topological polar surface area (TPSA) is 70.7 Å². The number of aliphatic hydroxyl groups is 1. The second-order valence-corrected chi connectivity index (χ2v) is 4.41. The van der Waals surface area contributed by atoms with Crippen molar-refractivity contribution >= 4 is 17.7 Å². The molecular weight excluding hydrogens is 216 g/mol. The van der Waals surface area contributed by atoms with E-state index < -0.39 is 5.97 Å². The molecule has 1 unspecified atom stereocenters. The number of carboxylic acid groups (broad SMARTS) is 1. The van der Waals surface area contributed by atoms with Crippen molar-refractivity contribution in [2.45, 2.75) is 12.7 Å². The first kappa shape index (κ1) is 12.1. The summed E-state index contributed by atoms with van der Waals surface area (Å²) in [4.78, 5) is 10.7. The fraction of sp³-hybridized carbons (Fsp3) is 0.500. The third-order valence-electron chi connectivity index (χ3n) is 1.91. The van der Waals surface area contributed by atoms with Crippen molar-refractivity contribution in [1.29, 1.82) is 0 Å². The van der Waals surface area contributed by atoms with Crippen LogP contribution in [-0.2, 0) is 5.75 Å². The highest BCUT2D eigenvalue weighted by atomic mass is 32.2. The monoisotopic (exact) mass is 230 g/mol. The van der Waals surface area contributed by atoms with Crippen LogP contribution in [0, 0.1) is 5.92 Å². The number of rotatable bonds is 6. The van der Waals surface area contributed by atoms with Crippen LogP contribution in [0.25, 0.3) is 0 Å². The number of carboxylic acids is 1. The largest absolute Gasteiger partial charge is 0.475 e. The van der Waals surface area contributed by atoms with E-state index in [0.717, 1.165) is 5.75 Å². The van der Waals surface area contributed by atoms with Crippen LogP contribution in [0.1, 0.15) is 23.0 Å². The minimum Gasteiger partial charge on any atom is -0.475 e. The van der Waals surface area contributed by atoms with Gasteiger partial charge in [-0.3, -0.25) is 0 Å². The number of hydrogen-bond donors (Lipinski definition) is 2. The molecule has 0 aliphatic heterocycles. The van der Waals surface area contributed by atoms with Gasteiger partial charge in [0.05, 0.1) is 6.26 Å². The zero-order valence-electron chi connectivity index (χ0n) is 8.47. The molecule has 1 rings (SSSR count). The van der Waals surface area contributed by atoms with Crippen LogP contribution in [0.3, 0.4) is 0 Å². The molecule has 1 aromatic rings. The standard InChI is InChI=1S/C10H14O4S/c1-7(4-11)5-15-6-8-2-3-14-9(8)10(12)13/h2-3,7,11H,4-6H2,1H3,(H,12,13). The fourth-order valence-corrected chi connectivity index (χ4v) is 2.13. The van der Waals surface area contributed by atoms with Gasteiger partial charge in [-0.15, -0.1) is 0 Å². The normalized spacial score (nSPS) is 12.7.